The molecule has 0 aliphatic carbocycles. The molecule has 116 valence electrons. The Morgan fingerprint density at radius 2 is 1.96 bits per heavy atom. The van der Waals surface area contributed by atoms with Crippen LogP contribution in [0.4, 0.5) is 10.1 Å². The molecular weight excluding hydrogens is 331 g/mol. The van der Waals surface area contributed by atoms with Crippen LogP contribution in [0.1, 0.15) is 5.56 Å². The van der Waals surface area contributed by atoms with Crippen molar-refractivity contribution >= 4 is 46.0 Å². The predicted molar refractivity (Wildman–Crippen MR) is 96.3 cm³/mol. The first kappa shape index (κ1) is 15.7. The maximum absolute atomic E-state index is 13.2. The Hall–Kier alpha value is -2.18. The summed E-state index contributed by atoms with van der Waals surface area (Å²) in [7, 11) is 0. The summed E-state index contributed by atoms with van der Waals surface area (Å²) in [4.78, 5) is 14.4. The van der Waals surface area contributed by atoms with Crippen LogP contribution in [0.25, 0.3) is 6.08 Å². The van der Waals surface area contributed by atoms with Crippen molar-refractivity contribution in [3.8, 4) is 0 Å². The predicted octanol–water partition coefficient (Wildman–Crippen LogP) is 4.10. The third-order valence-electron chi connectivity index (χ3n) is 3.24. The van der Waals surface area contributed by atoms with Gasteiger partial charge in [0.1, 0.15) is 10.1 Å². The number of thioether (sulfide) groups is 1. The Morgan fingerprint density at radius 1 is 1.17 bits per heavy atom. The molecule has 0 atom stereocenters. The van der Waals surface area contributed by atoms with Gasteiger partial charge in [0.2, 0.25) is 0 Å². The SMILES string of the molecule is O=C1/C(=C/c2cccc(F)c2)SC(=S)N1CNc1ccccc1. The van der Waals surface area contributed by atoms with Crippen LogP contribution in [0, 0.1) is 5.82 Å². The molecule has 1 N–H and O–H groups in total. The molecule has 23 heavy (non-hydrogen) atoms. The van der Waals surface area contributed by atoms with Gasteiger partial charge in [-0.2, -0.15) is 0 Å². The minimum absolute atomic E-state index is 0.173. The second-order valence-electron chi connectivity index (χ2n) is 4.87. The highest BCUT2D eigenvalue weighted by molar-refractivity contribution is 8.26. The summed E-state index contributed by atoms with van der Waals surface area (Å²) >= 11 is 6.49. The number of para-hydroxylation sites is 1. The highest BCUT2D eigenvalue weighted by atomic mass is 32.2. The fourth-order valence-corrected chi connectivity index (χ4v) is 3.37. The Bertz CT molecular complexity index is 777. The molecule has 1 aliphatic rings. The minimum Gasteiger partial charge on any atom is -0.367 e. The molecule has 0 aromatic heterocycles. The molecule has 3 nitrogen and oxygen atoms in total. The van der Waals surface area contributed by atoms with Crippen molar-refractivity contribution < 1.29 is 9.18 Å². The molecule has 0 spiro atoms. The van der Waals surface area contributed by atoms with Crippen LogP contribution in [0.5, 0.6) is 0 Å². The average molecular weight is 344 g/mol. The summed E-state index contributed by atoms with van der Waals surface area (Å²) in [5.41, 5.74) is 1.55. The molecule has 0 saturated carbocycles. The van der Waals surface area contributed by atoms with Crippen molar-refractivity contribution in [2.24, 2.45) is 0 Å². The number of amides is 1. The average Bonchev–Trinajstić information content (AvgIpc) is 2.80. The van der Waals surface area contributed by atoms with E-state index < -0.39 is 0 Å². The lowest BCUT2D eigenvalue weighted by Gasteiger charge is -2.16. The smallest absolute Gasteiger partial charge is 0.267 e. The summed E-state index contributed by atoms with van der Waals surface area (Å²) in [5, 5.41) is 3.16. The second kappa shape index (κ2) is 6.93. The first-order chi connectivity index (χ1) is 11.1. The maximum Gasteiger partial charge on any atom is 0.267 e. The Morgan fingerprint density at radius 3 is 2.70 bits per heavy atom. The Kier molecular flexibility index (Phi) is 4.73. The van der Waals surface area contributed by atoms with Gasteiger partial charge in [0, 0.05) is 5.69 Å². The number of carbonyl (C=O) groups excluding carboxylic acids is 1. The number of nitrogens with one attached hydrogen (secondary N) is 1. The molecule has 1 saturated heterocycles. The van der Waals surface area contributed by atoms with E-state index in [1.807, 2.05) is 30.3 Å². The van der Waals surface area contributed by atoms with Crippen molar-refractivity contribution in [3.05, 3.63) is 70.9 Å². The maximum atomic E-state index is 13.2. The number of thiocarbonyl (C=S) groups is 1. The molecule has 1 aliphatic heterocycles. The van der Waals surface area contributed by atoms with E-state index in [2.05, 4.69) is 5.32 Å². The highest BCUT2D eigenvalue weighted by Crippen LogP contribution is 2.32. The van der Waals surface area contributed by atoms with Crippen molar-refractivity contribution in [1.29, 1.82) is 0 Å². The fourth-order valence-electron chi connectivity index (χ4n) is 2.11. The number of anilines is 1. The zero-order valence-electron chi connectivity index (χ0n) is 12.0. The summed E-state index contributed by atoms with van der Waals surface area (Å²) in [6, 6.07) is 15.7. The monoisotopic (exact) mass is 344 g/mol. The van der Waals surface area contributed by atoms with E-state index in [9.17, 15) is 9.18 Å². The number of carbonyl (C=O) groups is 1. The van der Waals surface area contributed by atoms with Crippen LogP contribution in [0.2, 0.25) is 0 Å². The number of benzene rings is 2. The number of halogens is 1. The molecule has 2 aromatic carbocycles. The molecule has 1 heterocycles. The summed E-state index contributed by atoms with van der Waals surface area (Å²) in [6.07, 6.45) is 1.66. The third kappa shape index (κ3) is 3.78. The molecule has 3 rings (SSSR count). The minimum atomic E-state index is -0.333. The molecule has 6 heteroatoms. The van der Waals surface area contributed by atoms with Gasteiger partial charge in [0.05, 0.1) is 11.6 Å². The third-order valence-corrected chi connectivity index (χ3v) is 4.61. The van der Waals surface area contributed by atoms with Gasteiger partial charge < -0.3 is 5.32 Å². The van der Waals surface area contributed by atoms with E-state index in [-0.39, 0.29) is 11.7 Å². The molecular formula is C17H13FN2OS2. The van der Waals surface area contributed by atoms with E-state index in [1.54, 1.807) is 18.2 Å². The molecule has 0 bridgehead atoms. The van der Waals surface area contributed by atoms with Crippen LogP contribution in [0.3, 0.4) is 0 Å². The van der Waals surface area contributed by atoms with Gasteiger partial charge in [0.15, 0.2) is 0 Å². The van der Waals surface area contributed by atoms with Gasteiger partial charge in [0.25, 0.3) is 5.91 Å². The Labute approximate surface area is 143 Å². The topological polar surface area (TPSA) is 32.3 Å². The molecule has 1 fully saturated rings. The van der Waals surface area contributed by atoms with E-state index in [0.29, 0.717) is 21.5 Å². The number of hydrogen-bond acceptors (Lipinski definition) is 4. The first-order valence-electron chi connectivity index (χ1n) is 6.93. The van der Waals surface area contributed by atoms with E-state index in [0.717, 1.165) is 5.69 Å². The van der Waals surface area contributed by atoms with Crippen molar-refractivity contribution in [2.75, 3.05) is 12.0 Å². The van der Waals surface area contributed by atoms with Gasteiger partial charge in [-0.05, 0) is 35.9 Å². The lowest BCUT2D eigenvalue weighted by Crippen LogP contribution is -2.33. The quantitative estimate of drug-likeness (QED) is 0.669. The molecule has 0 unspecified atom stereocenters. The zero-order chi connectivity index (χ0) is 16.2. The van der Waals surface area contributed by atoms with Crippen molar-refractivity contribution in [1.82, 2.24) is 4.90 Å². The van der Waals surface area contributed by atoms with Crippen molar-refractivity contribution in [2.45, 2.75) is 0 Å². The van der Waals surface area contributed by atoms with Crippen LogP contribution in [0.15, 0.2) is 59.5 Å². The van der Waals surface area contributed by atoms with Crippen molar-refractivity contribution in [3.63, 3.8) is 0 Å². The van der Waals surface area contributed by atoms with E-state index >= 15 is 0 Å². The summed E-state index contributed by atoms with van der Waals surface area (Å²) in [5.74, 6) is -0.507. The Balaban J connectivity index is 1.72. The molecule has 0 radical (unpaired) electrons. The second-order valence-corrected chi connectivity index (χ2v) is 6.54. The van der Waals surface area contributed by atoms with E-state index in [4.69, 9.17) is 12.2 Å². The number of hydrogen-bond donors (Lipinski definition) is 1. The normalized spacial score (nSPS) is 16.2. The summed E-state index contributed by atoms with van der Waals surface area (Å²) < 4.78 is 13.7. The van der Waals surface area contributed by atoms with Crippen LogP contribution >= 0.6 is 24.0 Å². The number of rotatable bonds is 4. The lowest BCUT2D eigenvalue weighted by molar-refractivity contribution is -0.121. The molecule has 2 aromatic rings. The first-order valence-corrected chi connectivity index (χ1v) is 8.16. The fraction of sp³-hybridized carbons (Fsp3) is 0.0588. The molecule has 1 amide bonds. The van der Waals surface area contributed by atoms with Crippen LogP contribution < -0.4 is 5.32 Å². The lowest BCUT2D eigenvalue weighted by atomic mass is 10.2. The van der Waals surface area contributed by atoms with Gasteiger partial charge in [-0.3, -0.25) is 9.69 Å². The van der Waals surface area contributed by atoms with Gasteiger partial charge in [-0.25, -0.2) is 4.39 Å². The highest BCUT2D eigenvalue weighted by Gasteiger charge is 2.31. The van der Waals surface area contributed by atoms with Gasteiger partial charge in [-0.1, -0.05) is 54.3 Å². The number of nitrogens with zero attached hydrogens (tertiary/aromatic N) is 1. The van der Waals surface area contributed by atoms with Crippen LogP contribution in [-0.2, 0) is 4.79 Å². The standard InChI is InChI=1S/C17H13FN2OS2/c18-13-6-4-5-12(9-13)10-15-16(21)20(17(22)23-15)11-19-14-7-2-1-3-8-14/h1-10,19H,11H2/b15-10-. The largest absolute Gasteiger partial charge is 0.367 e. The van der Waals surface area contributed by atoms with Gasteiger partial charge >= 0.3 is 0 Å². The summed E-state index contributed by atoms with van der Waals surface area (Å²) in [6.45, 7) is 0.301. The van der Waals surface area contributed by atoms with Crippen LogP contribution in [-0.4, -0.2) is 21.8 Å². The zero-order valence-corrected chi connectivity index (χ0v) is 13.7. The van der Waals surface area contributed by atoms with Gasteiger partial charge in [-0.15, -0.1) is 0 Å². The van der Waals surface area contributed by atoms with E-state index in [1.165, 1.54) is 28.8 Å².